The molecule has 94 valence electrons. The number of piperidine rings is 1. The molecule has 3 nitrogen and oxygen atoms in total. The van der Waals surface area contributed by atoms with Crippen LogP contribution in [0.3, 0.4) is 0 Å². The molecule has 1 atom stereocenters. The van der Waals surface area contributed by atoms with Gasteiger partial charge in [-0.3, -0.25) is 0 Å². The molecule has 1 fully saturated rings. The predicted molar refractivity (Wildman–Crippen MR) is 74.6 cm³/mol. The summed E-state index contributed by atoms with van der Waals surface area (Å²) in [5.41, 5.74) is 7.66. The zero-order valence-corrected chi connectivity index (χ0v) is 11.0. The smallest absolute Gasteiger partial charge is 0.0591 e. The molecule has 3 N–H and O–H groups in total. The zero-order chi connectivity index (χ0) is 12.3. The number of nitrogen functional groups attached to an aromatic ring is 1. The molecule has 1 heterocycles. The van der Waals surface area contributed by atoms with Crippen LogP contribution in [0, 0.1) is 0 Å². The Morgan fingerprint density at radius 1 is 1.53 bits per heavy atom. The van der Waals surface area contributed by atoms with Crippen LogP contribution < -0.4 is 11.1 Å². The molecule has 1 aromatic carbocycles. The lowest BCUT2D eigenvalue weighted by atomic mass is 10.1. The number of hydrogen-bond donors (Lipinski definition) is 2. The molecular weight excluding hydrogens is 234 g/mol. The highest BCUT2D eigenvalue weighted by Gasteiger charge is 2.18. The van der Waals surface area contributed by atoms with Crippen molar-refractivity contribution in [1.29, 1.82) is 0 Å². The lowest BCUT2D eigenvalue weighted by Gasteiger charge is -2.33. The Morgan fingerprint density at radius 3 is 3.12 bits per heavy atom. The number of nitrogens with one attached hydrogen (secondary N) is 1. The molecular formula is C13H20ClN3. The van der Waals surface area contributed by atoms with Crippen molar-refractivity contribution in [1.82, 2.24) is 4.90 Å². The normalized spacial score (nSPS) is 21.4. The van der Waals surface area contributed by atoms with E-state index in [4.69, 9.17) is 17.3 Å². The Balaban J connectivity index is 2.02. The summed E-state index contributed by atoms with van der Waals surface area (Å²) in [5.74, 6) is 0. The summed E-state index contributed by atoms with van der Waals surface area (Å²) in [4.78, 5) is 2.46. The SMILES string of the molecule is CCN1CCCC(Nc2cc(Cl)ccc2N)C1. The fourth-order valence-corrected chi connectivity index (χ4v) is 2.51. The first-order valence-corrected chi connectivity index (χ1v) is 6.60. The Morgan fingerprint density at radius 2 is 2.35 bits per heavy atom. The number of anilines is 2. The predicted octanol–water partition coefficient (Wildman–Crippen LogP) is 2.82. The van der Waals surface area contributed by atoms with Gasteiger partial charge in [-0.2, -0.15) is 0 Å². The van der Waals surface area contributed by atoms with Crippen LogP contribution in [0.25, 0.3) is 0 Å². The van der Waals surface area contributed by atoms with Crippen molar-refractivity contribution < 1.29 is 0 Å². The minimum absolute atomic E-state index is 0.476. The fraction of sp³-hybridized carbons (Fsp3) is 0.538. The van der Waals surface area contributed by atoms with Gasteiger partial charge in [0.2, 0.25) is 0 Å². The van der Waals surface area contributed by atoms with Crippen LogP contribution in [-0.2, 0) is 0 Å². The molecule has 0 saturated carbocycles. The molecule has 0 amide bonds. The van der Waals surface area contributed by atoms with Gasteiger partial charge in [-0.25, -0.2) is 0 Å². The number of benzene rings is 1. The fourth-order valence-electron chi connectivity index (χ4n) is 2.33. The van der Waals surface area contributed by atoms with E-state index in [1.165, 1.54) is 19.4 Å². The van der Waals surface area contributed by atoms with Gasteiger partial charge < -0.3 is 16.0 Å². The van der Waals surface area contributed by atoms with Gasteiger partial charge in [-0.15, -0.1) is 0 Å². The molecule has 0 aliphatic carbocycles. The van der Waals surface area contributed by atoms with Crippen molar-refractivity contribution in [2.75, 3.05) is 30.7 Å². The van der Waals surface area contributed by atoms with Crippen LogP contribution in [0.2, 0.25) is 5.02 Å². The zero-order valence-electron chi connectivity index (χ0n) is 10.2. The van der Waals surface area contributed by atoms with E-state index in [1.807, 2.05) is 18.2 Å². The first kappa shape index (κ1) is 12.5. The number of nitrogens with zero attached hydrogens (tertiary/aromatic N) is 1. The molecule has 1 saturated heterocycles. The summed E-state index contributed by atoms with van der Waals surface area (Å²) >= 11 is 5.98. The van der Waals surface area contributed by atoms with Crippen molar-refractivity contribution in [3.05, 3.63) is 23.2 Å². The minimum Gasteiger partial charge on any atom is -0.397 e. The van der Waals surface area contributed by atoms with E-state index in [9.17, 15) is 0 Å². The Kier molecular flexibility index (Phi) is 4.13. The topological polar surface area (TPSA) is 41.3 Å². The van der Waals surface area contributed by atoms with Gasteiger partial charge in [0.25, 0.3) is 0 Å². The molecule has 0 spiro atoms. The van der Waals surface area contributed by atoms with Crippen molar-refractivity contribution in [2.45, 2.75) is 25.8 Å². The van der Waals surface area contributed by atoms with Crippen LogP contribution in [0.1, 0.15) is 19.8 Å². The van der Waals surface area contributed by atoms with Crippen LogP contribution in [0.5, 0.6) is 0 Å². The largest absolute Gasteiger partial charge is 0.397 e. The van der Waals surface area contributed by atoms with Gasteiger partial charge in [-0.05, 0) is 44.1 Å². The van der Waals surface area contributed by atoms with Crippen molar-refractivity contribution in [3.63, 3.8) is 0 Å². The van der Waals surface area contributed by atoms with E-state index in [0.29, 0.717) is 6.04 Å². The summed E-state index contributed by atoms with van der Waals surface area (Å²) in [6, 6.07) is 6.05. The molecule has 0 radical (unpaired) electrons. The highest BCUT2D eigenvalue weighted by Crippen LogP contribution is 2.25. The number of hydrogen-bond acceptors (Lipinski definition) is 3. The van der Waals surface area contributed by atoms with E-state index in [1.54, 1.807) is 0 Å². The minimum atomic E-state index is 0.476. The summed E-state index contributed by atoms with van der Waals surface area (Å²) in [6.45, 7) is 5.61. The van der Waals surface area contributed by atoms with Crippen molar-refractivity contribution in [3.8, 4) is 0 Å². The molecule has 17 heavy (non-hydrogen) atoms. The van der Waals surface area contributed by atoms with E-state index in [-0.39, 0.29) is 0 Å². The second kappa shape index (κ2) is 5.61. The lowest BCUT2D eigenvalue weighted by molar-refractivity contribution is 0.227. The first-order valence-electron chi connectivity index (χ1n) is 6.23. The van der Waals surface area contributed by atoms with Gasteiger partial charge in [0.15, 0.2) is 0 Å². The van der Waals surface area contributed by atoms with E-state index in [0.717, 1.165) is 29.5 Å². The van der Waals surface area contributed by atoms with Gasteiger partial charge in [0, 0.05) is 17.6 Å². The molecule has 4 heteroatoms. The summed E-state index contributed by atoms with van der Waals surface area (Å²) in [5, 5.41) is 4.23. The highest BCUT2D eigenvalue weighted by atomic mass is 35.5. The third kappa shape index (κ3) is 3.27. The Bertz CT molecular complexity index is 381. The standard InChI is InChI=1S/C13H20ClN3/c1-2-17-7-3-4-11(9-17)16-13-8-10(14)5-6-12(13)15/h5-6,8,11,16H,2-4,7,9,15H2,1H3. The molecule has 2 rings (SSSR count). The van der Waals surface area contributed by atoms with E-state index < -0.39 is 0 Å². The quantitative estimate of drug-likeness (QED) is 0.814. The number of rotatable bonds is 3. The maximum absolute atomic E-state index is 5.98. The van der Waals surface area contributed by atoms with Crippen molar-refractivity contribution >= 4 is 23.0 Å². The summed E-state index contributed by atoms with van der Waals surface area (Å²) in [6.07, 6.45) is 2.44. The third-order valence-corrected chi connectivity index (χ3v) is 3.56. The van der Waals surface area contributed by atoms with E-state index >= 15 is 0 Å². The number of likely N-dealkylation sites (N-methyl/N-ethyl adjacent to an activating group) is 1. The second-order valence-corrected chi connectivity index (χ2v) is 5.04. The molecule has 1 unspecified atom stereocenters. The summed E-state index contributed by atoms with van der Waals surface area (Å²) < 4.78 is 0. The average molecular weight is 254 g/mol. The van der Waals surface area contributed by atoms with Gasteiger partial charge in [-0.1, -0.05) is 18.5 Å². The van der Waals surface area contributed by atoms with Gasteiger partial charge in [0.05, 0.1) is 11.4 Å². The monoisotopic (exact) mass is 253 g/mol. The lowest BCUT2D eigenvalue weighted by Crippen LogP contribution is -2.41. The maximum atomic E-state index is 5.98. The molecule has 1 aromatic rings. The van der Waals surface area contributed by atoms with Gasteiger partial charge >= 0.3 is 0 Å². The van der Waals surface area contributed by atoms with Crippen LogP contribution >= 0.6 is 11.6 Å². The van der Waals surface area contributed by atoms with Crippen LogP contribution in [0.4, 0.5) is 11.4 Å². The third-order valence-electron chi connectivity index (χ3n) is 3.33. The molecule has 1 aliphatic rings. The van der Waals surface area contributed by atoms with E-state index in [2.05, 4.69) is 17.1 Å². The Labute approximate surface area is 108 Å². The number of halogens is 1. The molecule has 1 aliphatic heterocycles. The Hall–Kier alpha value is -0.930. The van der Waals surface area contributed by atoms with Crippen LogP contribution in [-0.4, -0.2) is 30.6 Å². The average Bonchev–Trinajstić information content (AvgIpc) is 2.34. The summed E-state index contributed by atoms with van der Waals surface area (Å²) in [7, 11) is 0. The van der Waals surface area contributed by atoms with Crippen molar-refractivity contribution in [2.24, 2.45) is 0 Å². The molecule has 0 aromatic heterocycles. The van der Waals surface area contributed by atoms with Crippen LogP contribution in [0.15, 0.2) is 18.2 Å². The number of nitrogens with two attached hydrogens (primary N) is 1. The first-order chi connectivity index (χ1) is 8.19. The second-order valence-electron chi connectivity index (χ2n) is 4.61. The maximum Gasteiger partial charge on any atom is 0.0591 e. The molecule has 0 bridgehead atoms. The van der Waals surface area contributed by atoms with Gasteiger partial charge in [0.1, 0.15) is 0 Å². The number of likely N-dealkylation sites (tertiary alicyclic amines) is 1. The highest BCUT2D eigenvalue weighted by molar-refractivity contribution is 6.31.